The Morgan fingerprint density at radius 2 is 1.88 bits per heavy atom. The number of Topliss-reactive ketones (excluding diaryl/α,β-unsaturated/α-hetero) is 1. The Labute approximate surface area is 98.6 Å². The molecule has 17 heavy (non-hydrogen) atoms. The van der Waals surface area contributed by atoms with E-state index in [0.29, 0.717) is 6.42 Å². The molecule has 1 nitrogen and oxygen atoms in total. The molecule has 0 aliphatic heterocycles. The van der Waals surface area contributed by atoms with Gasteiger partial charge in [-0.05, 0) is 18.1 Å². The zero-order chi connectivity index (χ0) is 13.1. The Morgan fingerprint density at radius 3 is 2.35 bits per heavy atom. The predicted molar refractivity (Wildman–Crippen MR) is 60.1 cm³/mol. The van der Waals surface area contributed by atoms with Crippen LogP contribution in [-0.2, 0) is 12.6 Å². The second-order valence-electron chi connectivity index (χ2n) is 3.86. The lowest BCUT2D eigenvalue weighted by Gasteiger charge is -2.15. The van der Waals surface area contributed by atoms with Crippen LogP contribution in [0, 0.1) is 0 Å². The topological polar surface area (TPSA) is 17.1 Å². The lowest BCUT2D eigenvalue weighted by Crippen LogP contribution is -2.13. The van der Waals surface area contributed by atoms with Gasteiger partial charge >= 0.3 is 6.18 Å². The van der Waals surface area contributed by atoms with Crippen LogP contribution >= 0.6 is 0 Å². The van der Waals surface area contributed by atoms with E-state index in [1.165, 1.54) is 12.1 Å². The highest BCUT2D eigenvalue weighted by molar-refractivity contribution is 5.97. The highest BCUT2D eigenvalue weighted by Crippen LogP contribution is 2.34. The first-order valence-electron chi connectivity index (χ1n) is 5.64. The van der Waals surface area contributed by atoms with Crippen LogP contribution in [0.3, 0.4) is 0 Å². The fraction of sp³-hybridized carbons (Fsp3) is 0.462. The zero-order valence-electron chi connectivity index (χ0n) is 9.90. The number of halogens is 3. The van der Waals surface area contributed by atoms with Crippen molar-refractivity contribution < 1.29 is 18.0 Å². The molecule has 0 unspecified atom stereocenters. The van der Waals surface area contributed by atoms with Crippen molar-refractivity contribution in [2.75, 3.05) is 0 Å². The second kappa shape index (κ2) is 5.34. The third-order valence-corrected chi connectivity index (χ3v) is 2.60. The number of carbonyl (C=O) groups excluding carboxylic acids is 1. The molecule has 0 aliphatic carbocycles. The van der Waals surface area contributed by atoms with Crippen LogP contribution < -0.4 is 0 Å². The summed E-state index contributed by atoms with van der Waals surface area (Å²) in [6, 6.07) is 3.81. The van der Waals surface area contributed by atoms with Crippen molar-refractivity contribution >= 4 is 5.78 Å². The number of hydrogen-bond acceptors (Lipinski definition) is 1. The van der Waals surface area contributed by atoms with Gasteiger partial charge in [-0.3, -0.25) is 4.79 Å². The SMILES string of the molecule is CCCc1c(C(=O)CC)cccc1C(F)(F)F. The van der Waals surface area contributed by atoms with E-state index in [2.05, 4.69) is 0 Å². The van der Waals surface area contributed by atoms with Crippen molar-refractivity contribution in [3.63, 3.8) is 0 Å². The van der Waals surface area contributed by atoms with Gasteiger partial charge in [0.15, 0.2) is 5.78 Å². The van der Waals surface area contributed by atoms with Crippen LogP contribution in [-0.4, -0.2) is 5.78 Å². The fourth-order valence-corrected chi connectivity index (χ4v) is 1.82. The summed E-state index contributed by atoms with van der Waals surface area (Å²) >= 11 is 0. The van der Waals surface area contributed by atoms with E-state index in [-0.39, 0.29) is 29.8 Å². The molecule has 0 fully saturated rings. The van der Waals surface area contributed by atoms with Crippen LogP contribution in [0.5, 0.6) is 0 Å². The molecule has 1 aromatic carbocycles. The van der Waals surface area contributed by atoms with Gasteiger partial charge in [-0.2, -0.15) is 13.2 Å². The second-order valence-corrected chi connectivity index (χ2v) is 3.86. The predicted octanol–water partition coefficient (Wildman–Crippen LogP) is 4.25. The third-order valence-electron chi connectivity index (χ3n) is 2.60. The summed E-state index contributed by atoms with van der Waals surface area (Å²) in [7, 11) is 0. The Morgan fingerprint density at radius 1 is 1.24 bits per heavy atom. The molecule has 0 N–H and O–H groups in total. The van der Waals surface area contributed by atoms with E-state index in [9.17, 15) is 18.0 Å². The lowest BCUT2D eigenvalue weighted by molar-refractivity contribution is -0.138. The van der Waals surface area contributed by atoms with E-state index < -0.39 is 11.7 Å². The van der Waals surface area contributed by atoms with E-state index in [0.717, 1.165) is 6.07 Å². The Hall–Kier alpha value is -1.32. The molecule has 0 spiro atoms. The van der Waals surface area contributed by atoms with Crippen LogP contribution in [0.4, 0.5) is 13.2 Å². The minimum atomic E-state index is -4.39. The maximum atomic E-state index is 12.8. The van der Waals surface area contributed by atoms with Gasteiger partial charge in [0.05, 0.1) is 5.56 Å². The first-order chi connectivity index (χ1) is 7.91. The molecular formula is C13H15F3O. The van der Waals surface area contributed by atoms with E-state index in [1.807, 2.05) is 0 Å². The summed E-state index contributed by atoms with van der Waals surface area (Å²) in [6.07, 6.45) is -3.32. The molecule has 0 bridgehead atoms. The van der Waals surface area contributed by atoms with Crippen molar-refractivity contribution in [1.82, 2.24) is 0 Å². The molecule has 0 amide bonds. The molecule has 94 valence electrons. The summed E-state index contributed by atoms with van der Waals surface area (Å²) in [6.45, 7) is 3.45. The molecular weight excluding hydrogens is 229 g/mol. The van der Waals surface area contributed by atoms with Crippen molar-refractivity contribution in [3.8, 4) is 0 Å². The van der Waals surface area contributed by atoms with Crippen molar-refractivity contribution in [2.45, 2.75) is 39.3 Å². The number of alkyl halides is 3. The molecule has 0 aromatic heterocycles. The van der Waals surface area contributed by atoms with Crippen LogP contribution in [0.2, 0.25) is 0 Å². The molecule has 0 atom stereocenters. The zero-order valence-corrected chi connectivity index (χ0v) is 9.90. The summed E-state index contributed by atoms with van der Waals surface area (Å²) in [5, 5.41) is 0. The van der Waals surface area contributed by atoms with E-state index >= 15 is 0 Å². The Bertz CT molecular complexity index is 408. The summed E-state index contributed by atoms with van der Waals surface area (Å²) in [5.74, 6) is -0.237. The van der Waals surface area contributed by atoms with Crippen LogP contribution in [0.1, 0.15) is 48.2 Å². The van der Waals surface area contributed by atoms with Crippen molar-refractivity contribution in [3.05, 3.63) is 34.9 Å². The normalized spacial score (nSPS) is 11.6. The lowest BCUT2D eigenvalue weighted by atomic mass is 9.93. The average molecular weight is 244 g/mol. The third kappa shape index (κ3) is 3.08. The van der Waals surface area contributed by atoms with Gasteiger partial charge in [0.25, 0.3) is 0 Å². The first-order valence-corrected chi connectivity index (χ1v) is 5.64. The number of benzene rings is 1. The van der Waals surface area contributed by atoms with E-state index in [4.69, 9.17) is 0 Å². The van der Waals surface area contributed by atoms with Gasteiger partial charge < -0.3 is 0 Å². The highest BCUT2D eigenvalue weighted by Gasteiger charge is 2.34. The maximum Gasteiger partial charge on any atom is 0.416 e. The molecule has 1 aromatic rings. The van der Waals surface area contributed by atoms with Gasteiger partial charge in [0, 0.05) is 12.0 Å². The van der Waals surface area contributed by atoms with E-state index in [1.54, 1.807) is 13.8 Å². The number of ketones is 1. The Balaban J connectivity index is 3.37. The van der Waals surface area contributed by atoms with Crippen LogP contribution in [0.25, 0.3) is 0 Å². The molecule has 0 heterocycles. The Kier molecular flexibility index (Phi) is 4.32. The smallest absolute Gasteiger partial charge is 0.294 e. The van der Waals surface area contributed by atoms with Gasteiger partial charge in [-0.1, -0.05) is 32.4 Å². The van der Waals surface area contributed by atoms with Crippen LogP contribution in [0.15, 0.2) is 18.2 Å². The van der Waals surface area contributed by atoms with Gasteiger partial charge in [-0.15, -0.1) is 0 Å². The van der Waals surface area contributed by atoms with Crippen molar-refractivity contribution in [1.29, 1.82) is 0 Å². The molecule has 0 saturated heterocycles. The number of hydrogen-bond donors (Lipinski definition) is 0. The summed E-state index contributed by atoms with van der Waals surface area (Å²) in [5.41, 5.74) is -0.336. The van der Waals surface area contributed by atoms with Gasteiger partial charge in [0.1, 0.15) is 0 Å². The molecule has 0 radical (unpaired) electrons. The van der Waals surface area contributed by atoms with Crippen molar-refractivity contribution in [2.24, 2.45) is 0 Å². The number of rotatable bonds is 4. The molecule has 0 aliphatic rings. The molecule has 1 rings (SSSR count). The van der Waals surface area contributed by atoms with Gasteiger partial charge in [0.2, 0.25) is 0 Å². The first kappa shape index (κ1) is 13.7. The standard InChI is InChI=1S/C13H15F3O/c1-3-6-9-10(12(17)4-2)7-5-8-11(9)13(14,15)16/h5,7-8H,3-4,6H2,1-2H3. The molecule has 4 heteroatoms. The monoisotopic (exact) mass is 244 g/mol. The minimum absolute atomic E-state index is 0.134. The quantitative estimate of drug-likeness (QED) is 0.723. The minimum Gasteiger partial charge on any atom is -0.294 e. The molecule has 0 saturated carbocycles. The maximum absolute atomic E-state index is 12.8. The van der Waals surface area contributed by atoms with Gasteiger partial charge in [-0.25, -0.2) is 0 Å². The number of carbonyl (C=O) groups is 1. The highest BCUT2D eigenvalue weighted by atomic mass is 19.4. The summed E-state index contributed by atoms with van der Waals surface area (Å²) < 4.78 is 38.4. The summed E-state index contributed by atoms with van der Waals surface area (Å²) in [4.78, 5) is 11.6. The largest absolute Gasteiger partial charge is 0.416 e. The fourth-order valence-electron chi connectivity index (χ4n) is 1.82. The average Bonchev–Trinajstić information content (AvgIpc) is 2.27.